The fourth-order valence-corrected chi connectivity index (χ4v) is 6.38. The molecule has 166 valence electrons. The van der Waals surface area contributed by atoms with Crippen molar-refractivity contribution in [3.05, 3.63) is 82.3 Å². The van der Waals surface area contributed by atoms with Crippen molar-refractivity contribution in [2.75, 3.05) is 23.1 Å². The number of thioether (sulfide) groups is 1. The summed E-state index contributed by atoms with van der Waals surface area (Å²) in [5.41, 5.74) is 2.83. The number of sulfonamides is 1. The van der Waals surface area contributed by atoms with E-state index in [4.69, 9.17) is 23.2 Å². The van der Waals surface area contributed by atoms with Crippen LogP contribution in [0.25, 0.3) is 11.1 Å². The number of halogens is 2. The molecule has 0 atom stereocenters. The maximum atomic E-state index is 13.2. The van der Waals surface area contributed by atoms with Crippen molar-refractivity contribution in [1.29, 1.82) is 0 Å². The van der Waals surface area contributed by atoms with Crippen molar-refractivity contribution < 1.29 is 13.2 Å². The third-order valence-electron chi connectivity index (χ3n) is 4.99. The average Bonchev–Trinajstić information content (AvgIpc) is 2.77. The Kier molecular flexibility index (Phi) is 7.00. The molecular formula is C23H20Cl2N2O3S2. The highest BCUT2D eigenvalue weighted by Gasteiger charge is 2.35. The number of hydrogen-bond acceptors (Lipinski definition) is 4. The molecule has 0 saturated carbocycles. The highest BCUT2D eigenvalue weighted by atomic mass is 35.5. The van der Waals surface area contributed by atoms with Gasteiger partial charge in [0.1, 0.15) is 6.54 Å². The van der Waals surface area contributed by atoms with Crippen molar-refractivity contribution >= 4 is 56.6 Å². The predicted molar refractivity (Wildman–Crippen MR) is 132 cm³/mol. The average molecular weight is 507 g/mol. The number of anilines is 1. The molecule has 1 N–H and O–H groups in total. The van der Waals surface area contributed by atoms with Crippen LogP contribution in [0.5, 0.6) is 0 Å². The van der Waals surface area contributed by atoms with Gasteiger partial charge in [0.2, 0.25) is 5.91 Å². The zero-order chi connectivity index (χ0) is 22.7. The molecule has 32 heavy (non-hydrogen) atoms. The van der Waals surface area contributed by atoms with Gasteiger partial charge in [0.15, 0.2) is 0 Å². The molecule has 0 aromatic heterocycles. The van der Waals surface area contributed by atoms with Crippen LogP contribution < -0.4 is 9.62 Å². The molecule has 5 nitrogen and oxygen atoms in total. The first-order valence-corrected chi connectivity index (χ1v) is 13.2. The van der Waals surface area contributed by atoms with Crippen LogP contribution in [0.3, 0.4) is 0 Å². The smallest absolute Gasteiger partial charge is 0.265 e. The summed E-state index contributed by atoms with van der Waals surface area (Å²) < 4.78 is 27.6. The Morgan fingerprint density at radius 2 is 1.72 bits per heavy atom. The molecule has 0 radical (unpaired) electrons. The van der Waals surface area contributed by atoms with Crippen molar-refractivity contribution in [2.45, 2.75) is 10.6 Å². The van der Waals surface area contributed by atoms with Gasteiger partial charge in [-0.3, -0.25) is 9.10 Å². The first-order chi connectivity index (χ1) is 15.4. The van der Waals surface area contributed by atoms with Gasteiger partial charge in [-0.15, -0.1) is 0 Å². The number of nitrogens with zero attached hydrogens (tertiary/aromatic N) is 1. The Labute approximate surface area is 201 Å². The van der Waals surface area contributed by atoms with Crippen molar-refractivity contribution in [3.8, 4) is 11.1 Å². The lowest BCUT2D eigenvalue weighted by Gasteiger charge is -2.31. The molecule has 0 spiro atoms. The van der Waals surface area contributed by atoms with E-state index in [2.05, 4.69) is 5.32 Å². The normalized spacial score (nSPS) is 13.9. The fourth-order valence-electron chi connectivity index (χ4n) is 3.54. The number of nitrogens with one attached hydrogen (secondary N) is 1. The standard InChI is InChI=1S/C23H20Cl2N2O3S2/c24-17-5-3-4-16(12-17)15-31-11-10-26-23(28)14-27-21-9-8-18(25)13-20(21)19-6-1-2-7-22(19)32(27,29)30/h1-9,12-13H,10-11,14-15H2,(H,26,28). The van der Waals surface area contributed by atoms with Gasteiger partial charge >= 0.3 is 0 Å². The zero-order valence-corrected chi connectivity index (χ0v) is 20.1. The molecule has 3 aromatic carbocycles. The summed E-state index contributed by atoms with van der Waals surface area (Å²) >= 11 is 13.8. The van der Waals surface area contributed by atoms with Crippen LogP contribution >= 0.6 is 35.0 Å². The topological polar surface area (TPSA) is 66.5 Å². The Balaban J connectivity index is 1.42. The lowest BCUT2D eigenvalue weighted by atomic mass is 10.0. The summed E-state index contributed by atoms with van der Waals surface area (Å²) in [6.45, 7) is 0.131. The molecule has 4 rings (SSSR count). The van der Waals surface area contributed by atoms with Gasteiger partial charge in [-0.25, -0.2) is 8.42 Å². The van der Waals surface area contributed by atoms with Crippen LogP contribution in [0.15, 0.2) is 71.6 Å². The van der Waals surface area contributed by atoms with Gasteiger partial charge < -0.3 is 5.32 Å². The van der Waals surface area contributed by atoms with E-state index >= 15 is 0 Å². The number of carbonyl (C=O) groups is 1. The third-order valence-corrected chi connectivity index (χ3v) is 8.30. The molecule has 1 amide bonds. The lowest BCUT2D eigenvalue weighted by Crippen LogP contribution is -2.43. The molecule has 9 heteroatoms. The third kappa shape index (κ3) is 4.91. The maximum absolute atomic E-state index is 13.2. The zero-order valence-electron chi connectivity index (χ0n) is 16.9. The molecule has 1 heterocycles. The van der Waals surface area contributed by atoms with Crippen molar-refractivity contribution in [2.24, 2.45) is 0 Å². The summed E-state index contributed by atoms with van der Waals surface area (Å²) in [5.74, 6) is 1.11. The fraction of sp³-hybridized carbons (Fsp3) is 0.174. The van der Waals surface area contributed by atoms with Gasteiger partial charge in [0.05, 0.1) is 10.6 Å². The lowest BCUT2D eigenvalue weighted by molar-refractivity contribution is -0.119. The van der Waals surface area contributed by atoms with Crippen molar-refractivity contribution in [3.63, 3.8) is 0 Å². The first-order valence-electron chi connectivity index (χ1n) is 9.87. The van der Waals surface area contributed by atoms with Crippen LogP contribution in [0, 0.1) is 0 Å². The second-order valence-corrected chi connectivity index (χ2v) is 11.0. The Hall–Kier alpha value is -2.19. The SMILES string of the molecule is O=C(CN1c2ccc(Cl)cc2-c2ccccc2S1(=O)=O)NCCSCc1cccc(Cl)c1. The van der Waals surface area contributed by atoms with Gasteiger partial charge in [-0.2, -0.15) is 11.8 Å². The van der Waals surface area contributed by atoms with Crippen LogP contribution in [0.1, 0.15) is 5.56 Å². The van der Waals surface area contributed by atoms with E-state index in [-0.39, 0.29) is 17.3 Å². The highest BCUT2D eigenvalue weighted by molar-refractivity contribution is 7.98. The van der Waals surface area contributed by atoms with Crippen LogP contribution in [-0.2, 0) is 20.6 Å². The minimum Gasteiger partial charge on any atom is -0.354 e. The quantitative estimate of drug-likeness (QED) is 0.446. The van der Waals surface area contributed by atoms with E-state index in [0.717, 1.165) is 15.6 Å². The molecule has 0 bridgehead atoms. The highest BCUT2D eigenvalue weighted by Crippen LogP contribution is 2.43. The molecule has 1 aliphatic rings. The van der Waals surface area contributed by atoms with E-state index in [1.807, 2.05) is 24.3 Å². The van der Waals surface area contributed by atoms with E-state index < -0.39 is 10.0 Å². The summed E-state index contributed by atoms with van der Waals surface area (Å²) in [5, 5.41) is 4.01. The van der Waals surface area contributed by atoms with Gasteiger partial charge in [0.25, 0.3) is 10.0 Å². The summed E-state index contributed by atoms with van der Waals surface area (Å²) in [6.07, 6.45) is 0. The molecule has 0 fully saturated rings. The number of amides is 1. The summed E-state index contributed by atoms with van der Waals surface area (Å²) in [6, 6.07) is 19.4. The number of rotatable bonds is 7. The second-order valence-electron chi connectivity index (χ2n) is 7.20. The van der Waals surface area contributed by atoms with E-state index in [1.54, 1.807) is 54.2 Å². The predicted octanol–water partition coefficient (Wildman–Crippen LogP) is 5.22. The number of hydrogen-bond donors (Lipinski definition) is 1. The first kappa shape index (κ1) is 23.0. The Morgan fingerprint density at radius 3 is 2.53 bits per heavy atom. The molecule has 0 aliphatic carbocycles. The van der Waals surface area contributed by atoms with E-state index in [0.29, 0.717) is 39.2 Å². The number of carbonyl (C=O) groups excluding carboxylic acids is 1. The van der Waals surface area contributed by atoms with Gasteiger partial charge in [-0.05, 0) is 42.0 Å². The molecule has 0 unspecified atom stereocenters. The summed E-state index contributed by atoms with van der Waals surface area (Å²) in [7, 11) is -3.87. The summed E-state index contributed by atoms with van der Waals surface area (Å²) in [4.78, 5) is 12.8. The van der Waals surface area contributed by atoms with Crippen LogP contribution in [0.4, 0.5) is 5.69 Å². The minimum atomic E-state index is -3.87. The van der Waals surface area contributed by atoms with Crippen LogP contribution in [-0.4, -0.2) is 33.2 Å². The van der Waals surface area contributed by atoms with Gasteiger partial charge in [-0.1, -0.05) is 53.5 Å². The monoisotopic (exact) mass is 506 g/mol. The second kappa shape index (κ2) is 9.75. The van der Waals surface area contributed by atoms with E-state index in [9.17, 15) is 13.2 Å². The molecular weight excluding hydrogens is 487 g/mol. The Bertz CT molecular complexity index is 1270. The van der Waals surface area contributed by atoms with Gasteiger partial charge in [0, 0.05) is 39.2 Å². The maximum Gasteiger partial charge on any atom is 0.265 e. The minimum absolute atomic E-state index is 0.166. The molecule has 1 aliphatic heterocycles. The molecule has 0 saturated heterocycles. The van der Waals surface area contributed by atoms with Crippen molar-refractivity contribution in [1.82, 2.24) is 5.32 Å². The number of benzene rings is 3. The largest absolute Gasteiger partial charge is 0.354 e. The van der Waals surface area contributed by atoms with E-state index in [1.165, 1.54) is 0 Å². The number of fused-ring (bicyclic) bond motifs is 3. The molecule has 3 aromatic rings. The van der Waals surface area contributed by atoms with Crippen LogP contribution in [0.2, 0.25) is 10.0 Å². The Morgan fingerprint density at radius 1 is 0.938 bits per heavy atom.